The largest absolute Gasteiger partial charge is 0.329 e. The predicted octanol–water partition coefficient (Wildman–Crippen LogP) is 3.32. The summed E-state index contributed by atoms with van der Waals surface area (Å²) in [5.41, 5.74) is 9.74. The van der Waals surface area contributed by atoms with Crippen LogP contribution < -0.4 is 5.73 Å². The van der Waals surface area contributed by atoms with Crippen LogP contribution in [0.3, 0.4) is 0 Å². The van der Waals surface area contributed by atoms with E-state index in [1.54, 1.807) is 6.07 Å². The fourth-order valence-corrected chi connectivity index (χ4v) is 2.71. The van der Waals surface area contributed by atoms with E-state index < -0.39 is 0 Å². The van der Waals surface area contributed by atoms with E-state index in [2.05, 4.69) is 5.10 Å². The average molecular weight is 295 g/mol. The molecule has 3 nitrogen and oxygen atoms in total. The summed E-state index contributed by atoms with van der Waals surface area (Å²) in [6, 6.07) is 18.6. The van der Waals surface area contributed by atoms with Gasteiger partial charge in [-0.05, 0) is 23.8 Å². The first-order valence-electron chi connectivity index (χ1n) is 7.24. The second-order valence-electron chi connectivity index (χ2n) is 5.29. The Morgan fingerprint density at radius 1 is 1.09 bits per heavy atom. The molecule has 2 aromatic carbocycles. The molecule has 3 aromatic rings. The van der Waals surface area contributed by atoms with E-state index in [1.807, 2.05) is 54.2 Å². The van der Waals surface area contributed by atoms with Crippen LogP contribution in [0.4, 0.5) is 4.39 Å². The molecule has 0 spiro atoms. The fraction of sp³-hybridized carbons (Fsp3) is 0.167. The molecule has 0 radical (unpaired) electrons. The molecule has 1 heterocycles. The molecule has 1 atom stereocenters. The molecule has 0 aliphatic rings. The van der Waals surface area contributed by atoms with Gasteiger partial charge < -0.3 is 5.73 Å². The summed E-state index contributed by atoms with van der Waals surface area (Å²) < 4.78 is 15.3. The maximum atomic E-state index is 13.5. The Balaban J connectivity index is 2.02. The van der Waals surface area contributed by atoms with E-state index in [-0.39, 0.29) is 11.7 Å². The number of benzene rings is 2. The Bertz CT molecular complexity index is 765. The summed E-state index contributed by atoms with van der Waals surface area (Å²) in [6.45, 7) is 0.400. The van der Waals surface area contributed by atoms with Crippen LogP contribution in [0.5, 0.6) is 0 Å². The summed E-state index contributed by atoms with van der Waals surface area (Å²) in [5.74, 6) is -0.327. The Kier molecular flexibility index (Phi) is 4.02. The maximum absolute atomic E-state index is 13.5. The lowest BCUT2D eigenvalue weighted by atomic mass is 9.95. The van der Waals surface area contributed by atoms with Crippen molar-refractivity contribution in [1.29, 1.82) is 0 Å². The third-order valence-corrected chi connectivity index (χ3v) is 3.83. The highest BCUT2D eigenvalue weighted by Gasteiger charge is 2.18. The summed E-state index contributed by atoms with van der Waals surface area (Å²) in [5, 5.41) is 4.57. The minimum Gasteiger partial charge on any atom is -0.329 e. The van der Waals surface area contributed by atoms with Gasteiger partial charge in [0.05, 0.1) is 5.69 Å². The van der Waals surface area contributed by atoms with Crippen molar-refractivity contribution in [3.05, 3.63) is 77.7 Å². The average Bonchev–Trinajstić information content (AvgIpc) is 2.91. The molecule has 0 aliphatic heterocycles. The number of halogens is 1. The number of aryl methyl sites for hydroxylation is 1. The normalized spacial score (nSPS) is 12.3. The van der Waals surface area contributed by atoms with Crippen LogP contribution in [-0.2, 0) is 7.05 Å². The van der Waals surface area contributed by atoms with E-state index >= 15 is 0 Å². The van der Waals surface area contributed by atoms with Crippen molar-refractivity contribution in [1.82, 2.24) is 9.78 Å². The lowest BCUT2D eigenvalue weighted by molar-refractivity contribution is 0.618. The van der Waals surface area contributed by atoms with Crippen molar-refractivity contribution in [2.24, 2.45) is 12.8 Å². The first-order chi connectivity index (χ1) is 10.7. The summed E-state index contributed by atoms with van der Waals surface area (Å²) in [4.78, 5) is 0. The van der Waals surface area contributed by atoms with Crippen molar-refractivity contribution in [2.75, 3.05) is 6.54 Å². The summed E-state index contributed by atoms with van der Waals surface area (Å²) in [7, 11) is 1.89. The highest BCUT2D eigenvalue weighted by Crippen LogP contribution is 2.27. The zero-order valence-electron chi connectivity index (χ0n) is 12.4. The second kappa shape index (κ2) is 6.12. The summed E-state index contributed by atoms with van der Waals surface area (Å²) in [6.07, 6.45) is 0. The topological polar surface area (TPSA) is 43.8 Å². The van der Waals surface area contributed by atoms with Gasteiger partial charge in [0, 0.05) is 30.8 Å². The molecule has 0 bridgehead atoms. The zero-order chi connectivity index (χ0) is 15.5. The van der Waals surface area contributed by atoms with Gasteiger partial charge in [-0.3, -0.25) is 4.68 Å². The Hall–Kier alpha value is -2.46. The third-order valence-electron chi connectivity index (χ3n) is 3.83. The lowest BCUT2D eigenvalue weighted by Crippen LogP contribution is -2.17. The van der Waals surface area contributed by atoms with Gasteiger partial charge in [0.1, 0.15) is 5.82 Å². The van der Waals surface area contributed by atoms with Gasteiger partial charge in [-0.25, -0.2) is 4.39 Å². The summed E-state index contributed by atoms with van der Waals surface area (Å²) >= 11 is 0. The van der Waals surface area contributed by atoms with Gasteiger partial charge in [-0.1, -0.05) is 42.5 Å². The van der Waals surface area contributed by atoms with Crippen molar-refractivity contribution in [2.45, 2.75) is 5.92 Å². The van der Waals surface area contributed by atoms with E-state index in [1.165, 1.54) is 12.1 Å². The van der Waals surface area contributed by atoms with Gasteiger partial charge in [0.25, 0.3) is 0 Å². The maximum Gasteiger partial charge on any atom is 0.123 e. The smallest absolute Gasteiger partial charge is 0.123 e. The van der Waals surface area contributed by atoms with Crippen molar-refractivity contribution >= 4 is 0 Å². The highest BCUT2D eigenvalue weighted by molar-refractivity contribution is 5.59. The van der Waals surface area contributed by atoms with E-state index in [0.29, 0.717) is 6.54 Å². The minimum atomic E-state index is -0.249. The first-order valence-corrected chi connectivity index (χ1v) is 7.24. The van der Waals surface area contributed by atoms with Gasteiger partial charge in [0.15, 0.2) is 0 Å². The van der Waals surface area contributed by atoms with Gasteiger partial charge in [-0.15, -0.1) is 0 Å². The highest BCUT2D eigenvalue weighted by atomic mass is 19.1. The van der Waals surface area contributed by atoms with Gasteiger partial charge >= 0.3 is 0 Å². The van der Waals surface area contributed by atoms with Crippen molar-refractivity contribution in [3.8, 4) is 11.3 Å². The second-order valence-corrected chi connectivity index (χ2v) is 5.29. The monoisotopic (exact) mass is 295 g/mol. The van der Waals surface area contributed by atoms with Crippen LogP contribution in [0, 0.1) is 5.82 Å². The van der Waals surface area contributed by atoms with Crippen LogP contribution in [0.1, 0.15) is 17.2 Å². The molecular formula is C18H18FN3. The number of rotatable bonds is 4. The molecule has 0 saturated heterocycles. The minimum absolute atomic E-state index is 0.0781. The SMILES string of the molecule is Cn1nc(-c2ccccc2)cc1C(CN)c1cccc(F)c1. The molecule has 0 fully saturated rings. The predicted molar refractivity (Wildman–Crippen MR) is 85.9 cm³/mol. The number of aromatic nitrogens is 2. The number of nitrogens with two attached hydrogens (primary N) is 1. The van der Waals surface area contributed by atoms with Crippen LogP contribution in [-0.4, -0.2) is 16.3 Å². The molecule has 3 rings (SSSR count). The molecule has 2 N–H and O–H groups in total. The molecule has 0 saturated carbocycles. The number of hydrogen-bond donors (Lipinski definition) is 1. The fourth-order valence-electron chi connectivity index (χ4n) is 2.71. The van der Waals surface area contributed by atoms with E-state index in [9.17, 15) is 4.39 Å². The molecule has 4 heteroatoms. The van der Waals surface area contributed by atoms with Gasteiger partial charge in [-0.2, -0.15) is 5.10 Å². The lowest BCUT2D eigenvalue weighted by Gasteiger charge is -2.15. The molecule has 112 valence electrons. The zero-order valence-corrected chi connectivity index (χ0v) is 12.4. The van der Waals surface area contributed by atoms with Crippen LogP contribution in [0.15, 0.2) is 60.7 Å². The van der Waals surface area contributed by atoms with Crippen molar-refractivity contribution < 1.29 is 4.39 Å². The Morgan fingerprint density at radius 2 is 1.86 bits per heavy atom. The quantitative estimate of drug-likeness (QED) is 0.802. The first kappa shape index (κ1) is 14.5. The Morgan fingerprint density at radius 3 is 2.55 bits per heavy atom. The molecule has 0 amide bonds. The van der Waals surface area contributed by atoms with Crippen molar-refractivity contribution in [3.63, 3.8) is 0 Å². The Labute approximate surface area is 129 Å². The van der Waals surface area contributed by atoms with Crippen LogP contribution in [0.2, 0.25) is 0 Å². The van der Waals surface area contributed by atoms with Crippen LogP contribution in [0.25, 0.3) is 11.3 Å². The van der Waals surface area contributed by atoms with Gasteiger partial charge in [0.2, 0.25) is 0 Å². The molecule has 1 aromatic heterocycles. The van der Waals surface area contributed by atoms with E-state index in [4.69, 9.17) is 5.73 Å². The third kappa shape index (κ3) is 2.78. The number of hydrogen-bond acceptors (Lipinski definition) is 2. The van der Waals surface area contributed by atoms with Crippen LogP contribution >= 0.6 is 0 Å². The standard InChI is InChI=1S/C18H18FN3/c1-22-18(11-17(21-22)13-6-3-2-4-7-13)16(12-20)14-8-5-9-15(19)10-14/h2-11,16H,12,20H2,1H3. The van der Waals surface area contributed by atoms with E-state index in [0.717, 1.165) is 22.5 Å². The molecule has 22 heavy (non-hydrogen) atoms. The molecule has 1 unspecified atom stereocenters. The molecular weight excluding hydrogens is 277 g/mol. The number of nitrogens with zero attached hydrogens (tertiary/aromatic N) is 2. The molecule has 0 aliphatic carbocycles.